The average Bonchev–Trinajstić information content (AvgIpc) is 3.34. The van der Waals surface area contributed by atoms with E-state index in [1.807, 2.05) is 54.7 Å². The predicted molar refractivity (Wildman–Crippen MR) is 106 cm³/mol. The summed E-state index contributed by atoms with van der Waals surface area (Å²) in [5.74, 6) is 1.06. The normalized spacial score (nSPS) is 11.2. The largest absolute Gasteiger partial charge is 0.384 e. The summed E-state index contributed by atoms with van der Waals surface area (Å²) in [6.45, 7) is 0. The van der Waals surface area contributed by atoms with Crippen LogP contribution in [0.25, 0.3) is 33.8 Å². The molecular formula is C19H13ClN8. The zero-order valence-corrected chi connectivity index (χ0v) is 15.2. The van der Waals surface area contributed by atoms with E-state index < -0.39 is 0 Å². The molecule has 0 aliphatic rings. The molecule has 0 aliphatic heterocycles. The Morgan fingerprint density at radius 3 is 2.75 bits per heavy atom. The van der Waals surface area contributed by atoms with E-state index in [1.54, 1.807) is 21.7 Å². The van der Waals surface area contributed by atoms with Gasteiger partial charge in [-0.3, -0.25) is 0 Å². The van der Waals surface area contributed by atoms with Gasteiger partial charge in [0.15, 0.2) is 11.5 Å². The van der Waals surface area contributed by atoms with Crippen molar-refractivity contribution < 1.29 is 0 Å². The van der Waals surface area contributed by atoms with Crippen LogP contribution in [0.4, 0.5) is 5.82 Å². The van der Waals surface area contributed by atoms with E-state index in [0.717, 1.165) is 22.4 Å². The van der Waals surface area contributed by atoms with Crippen molar-refractivity contribution in [3.63, 3.8) is 0 Å². The molecule has 4 heterocycles. The summed E-state index contributed by atoms with van der Waals surface area (Å²) in [4.78, 5) is 4.07. The highest BCUT2D eigenvalue weighted by Crippen LogP contribution is 2.33. The van der Waals surface area contributed by atoms with E-state index in [1.165, 1.54) is 0 Å². The van der Waals surface area contributed by atoms with Crippen LogP contribution in [-0.2, 0) is 0 Å². The molecular weight excluding hydrogens is 376 g/mol. The van der Waals surface area contributed by atoms with Crippen LogP contribution in [0.3, 0.4) is 0 Å². The van der Waals surface area contributed by atoms with Crippen LogP contribution in [0.5, 0.6) is 0 Å². The minimum absolute atomic E-state index is 0.436. The van der Waals surface area contributed by atoms with Crippen molar-refractivity contribution in [1.29, 1.82) is 0 Å². The third-order valence-corrected chi connectivity index (χ3v) is 4.52. The highest BCUT2D eigenvalue weighted by molar-refractivity contribution is 6.30. The molecule has 1 aromatic carbocycles. The van der Waals surface area contributed by atoms with Crippen molar-refractivity contribution in [3.8, 4) is 28.2 Å². The number of hydrogen-bond acceptors (Lipinski definition) is 6. The first-order valence-corrected chi connectivity index (χ1v) is 8.80. The fraction of sp³-hybridized carbons (Fsp3) is 0. The fourth-order valence-electron chi connectivity index (χ4n) is 3.01. The van der Waals surface area contributed by atoms with Gasteiger partial charge in [0, 0.05) is 28.5 Å². The molecule has 4 aromatic heterocycles. The number of halogens is 1. The Balaban J connectivity index is 1.72. The second-order valence-corrected chi connectivity index (χ2v) is 6.58. The summed E-state index contributed by atoms with van der Waals surface area (Å²) in [6.07, 6.45) is 5.12. The number of nitrogens with two attached hydrogens (primary N) is 1. The van der Waals surface area contributed by atoms with Gasteiger partial charge >= 0.3 is 0 Å². The summed E-state index contributed by atoms with van der Waals surface area (Å²) in [5, 5.41) is 17.8. The minimum Gasteiger partial charge on any atom is -0.384 e. The van der Waals surface area contributed by atoms with E-state index in [2.05, 4.69) is 20.3 Å². The summed E-state index contributed by atoms with van der Waals surface area (Å²) < 4.78 is 3.31. The van der Waals surface area contributed by atoms with E-state index in [0.29, 0.717) is 22.3 Å². The summed E-state index contributed by atoms with van der Waals surface area (Å²) in [5.41, 5.74) is 9.99. The Morgan fingerprint density at radius 1 is 0.964 bits per heavy atom. The molecule has 0 atom stereocenters. The highest BCUT2D eigenvalue weighted by atomic mass is 35.5. The molecule has 8 nitrogen and oxygen atoms in total. The van der Waals surface area contributed by atoms with Crippen LogP contribution in [0.2, 0.25) is 5.02 Å². The Bertz CT molecular complexity index is 1240. The van der Waals surface area contributed by atoms with Crippen molar-refractivity contribution in [2.45, 2.75) is 0 Å². The number of pyridine rings is 1. The maximum atomic E-state index is 6.20. The van der Waals surface area contributed by atoms with E-state index in [-0.39, 0.29) is 0 Å². The lowest BCUT2D eigenvalue weighted by molar-refractivity contribution is 0.793. The van der Waals surface area contributed by atoms with Crippen molar-refractivity contribution in [1.82, 2.24) is 34.6 Å². The summed E-state index contributed by atoms with van der Waals surface area (Å²) in [7, 11) is 0. The van der Waals surface area contributed by atoms with Gasteiger partial charge in [0.05, 0.1) is 0 Å². The number of aromatic nitrogens is 7. The number of fused-ring (bicyclic) bond motifs is 1. The number of benzene rings is 1. The lowest BCUT2D eigenvalue weighted by atomic mass is 10.0. The molecule has 0 radical (unpaired) electrons. The molecule has 0 fully saturated rings. The maximum Gasteiger partial charge on any atom is 0.177 e. The van der Waals surface area contributed by atoms with Crippen LogP contribution in [0.1, 0.15) is 0 Å². The quantitative estimate of drug-likeness (QED) is 0.509. The molecule has 5 aromatic rings. The zero-order valence-electron chi connectivity index (χ0n) is 14.4. The molecule has 5 rings (SSSR count). The Kier molecular flexibility index (Phi) is 3.77. The van der Waals surface area contributed by atoms with Crippen LogP contribution in [-0.4, -0.2) is 34.6 Å². The monoisotopic (exact) mass is 388 g/mol. The topological polar surface area (TPSA) is 99.8 Å². The van der Waals surface area contributed by atoms with Crippen LogP contribution in [0, 0.1) is 0 Å². The lowest BCUT2D eigenvalue weighted by Crippen LogP contribution is -2.02. The van der Waals surface area contributed by atoms with E-state index >= 15 is 0 Å². The third-order valence-electron chi connectivity index (χ3n) is 4.29. The van der Waals surface area contributed by atoms with E-state index in [9.17, 15) is 0 Å². The Morgan fingerprint density at radius 2 is 1.89 bits per heavy atom. The minimum atomic E-state index is 0.436. The molecule has 0 unspecified atom stereocenters. The first-order chi connectivity index (χ1) is 13.7. The highest BCUT2D eigenvalue weighted by Gasteiger charge is 2.16. The number of hydrogen-bond donors (Lipinski definition) is 1. The van der Waals surface area contributed by atoms with Crippen LogP contribution in [0.15, 0.2) is 67.3 Å². The van der Waals surface area contributed by atoms with Gasteiger partial charge in [-0.15, -0.1) is 15.3 Å². The second-order valence-electron chi connectivity index (χ2n) is 6.14. The number of rotatable bonds is 3. The molecule has 136 valence electrons. The van der Waals surface area contributed by atoms with Crippen molar-refractivity contribution in [3.05, 3.63) is 72.3 Å². The first-order valence-electron chi connectivity index (χ1n) is 8.42. The van der Waals surface area contributed by atoms with Gasteiger partial charge in [0.1, 0.15) is 17.8 Å². The van der Waals surface area contributed by atoms with Gasteiger partial charge < -0.3 is 5.73 Å². The van der Waals surface area contributed by atoms with Crippen molar-refractivity contribution in [2.24, 2.45) is 0 Å². The van der Waals surface area contributed by atoms with Gasteiger partial charge in [0.25, 0.3) is 0 Å². The summed E-state index contributed by atoms with van der Waals surface area (Å²) in [6, 6.07) is 14.9. The Labute approximate surface area is 164 Å². The molecule has 0 aliphatic carbocycles. The van der Waals surface area contributed by atoms with Gasteiger partial charge in [-0.2, -0.15) is 9.61 Å². The SMILES string of the molecule is Nc1cc(-c2cn(-c3ccc4nncn4n3)nc2-c2cccc(Cl)c2)ccn1. The van der Waals surface area contributed by atoms with Gasteiger partial charge in [0.2, 0.25) is 0 Å². The predicted octanol–water partition coefficient (Wildman–Crippen LogP) is 3.27. The number of anilines is 1. The molecule has 28 heavy (non-hydrogen) atoms. The Hall–Kier alpha value is -3.78. The summed E-state index contributed by atoms with van der Waals surface area (Å²) >= 11 is 6.20. The molecule has 9 heteroatoms. The maximum absolute atomic E-state index is 6.20. The second kappa shape index (κ2) is 6.43. The molecule has 0 bridgehead atoms. The van der Waals surface area contributed by atoms with Crippen molar-refractivity contribution in [2.75, 3.05) is 5.73 Å². The number of nitrogens with zero attached hydrogens (tertiary/aromatic N) is 7. The first kappa shape index (κ1) is 16.4. The molecule has 0 spiro atoms. The standard InChI is InChI=1S/C19H13ClN8/c20-14-3-1-2-13(8-14)19-15(12-6-7-22-16(21)9-12)10-27(26-19)18-5-4-17-24-23-11-28(17)25-18/h1-11H,(H2,21,22). The molecule has 0 saturated heterocycles. The average molecular weight is 389 g/mol. The van der Waals surface area contributed by atoms with Crippen molar-refractivity contribution >= 4 is 23.1 Å². The lowest BCUT2D eigenvalue weighted by Gasteiger charge is -2.04. The molecule has 2 N–H and O–H groups in total. The van der Waals surface area contributed by atoms with Gasteiger partial charge in [-0.25, -0.2) is 9.67 Å². The van der Waals surface area contributed by atoms with Crippen LogP contribution >= 0.6 is 11.6 Å². The van der Waals surface area contributed by atoms with Gasteiger partial charge in [-0.1, -0.05) is 23.7 Å². The van der Waals surface area contributed by atoms with Gasteiger partial charge in [-0.05, 0) is 42.0 Å². The smallest absolute Gasteiger partial charge is 0.177 e. The van der Waals surface area contributed by atoms with Crippen LogP contribution < -0.4 is 5.73 Å². The van der Waals surface area contributed by atoms with E-state index in [4.69, 9.17) is 22.4 Å². The fourth-order valence-corrected chi connectivity index (χ4v) is 3.20. The molecule has 0 saturated carbocycles. The third kappa shape index (κ3) is 2.85. The number of nitrogen functional groups attached to an aromatic ring is 1. The zero-order chi connectivity index (χ0) is 19.1. The molecule has 0 amide bonds.